The largest absolute Gasteiger partial charge is 0.488 e. The maximum absolute atomic E-state index is 11.3. The zero-order valence-corrected chi connectivity index (χ0v) is 8.91. The molecule has 0 spiro atoms. The molecule has 3 heteroatoms. The highest BCUT2D eigenvalue weighted by Crippen LogP contribution is 2.33. The van der Waals surface area contributed by atoms with Gasteiger partial charge in [-0.3, -0.25) is 4.79 Å². The molecule has 0 saturated carbocycles. The van der Waals surface area contributed by atoms with Gasteiger partial charge in [0.2, 0.25) is 5.56 Å². The minimum atomic E-state index is -0.0816. The van der Waals surface area contributed by atoms with E-state index in [0.717, 1.165) is 27.8 Å². The second-order valence-corrected chi connectivity index (χ2v) is 3.94. The number of aryl methyl sites for hydroxylation is 1. The molecule has 1 aromatic carbocycles. The summed E-state index contributed by atoms with van der Waals surface area (Å²) >= 11 is 0. The molecule has 2 heterocycles. The van der Waals surface area contributed by atoms with E-state index in [1.807, 2.05) is 25.1 Å². The minimum Gasteiger partial charge on any atom is -0.488 e. The number of fused-ring (bicyclic) bond motifs is 3. The average Bonchev–Trinajstić information content (AvgIpc) is 2.29. The third-order valence-electron chi connectivity index (χ3n) is 2.81. The van der Waals surface area contributed by atoms with Crippen LogP contribution in [0, 0.1) is 6.92 Å². The first-order valence-corrected chi connectivity index (χ1v) is 5.22. The lowest BCUT2D eigenvalue weighted by molar-refractivity contribution is 0.363. The van der Waals surface area contributed by atoms with Crippen molar-refractivity contribution >= 4 is 17.0 Å². The van der Waals surface area contributed by atoms with Crippen molar-refractivity contribution in [2.24, 2.45) is 0 Å². The van der Waals surface area contributed by atoms with Crippen LogP contribution in [0.1, 0.15) is 11.1 Å². The highest BCUT2D eigenvalue weighted by molar-refractivity contribution is 5.91. The second kappa shape index (κ2) is 3.23. The number of pyridine rings is 1. The lowest BCUT2D eigenvalue weighted by Gasteiger charge is -2.16. The number of ether oxygens (including phenoxy) is 1. The first kappa shape index (κ1) is 9.21. The van der Waals surface area contributed by atoms with Crippen LogP contribution in [0.5, 0.6) is 5.75 Å². The standard InChI is InChI=1S/C13H11NO2/c1-8-7-9-3-2-6-16-13(9)10-4-5-11(15)14-12(8)10/h2-5,7H,6H2,1H3,(H,14,15). The van der Waals surface area contributed by atoms with Crippen molar-refractivity contribution in [3.05, 3.63) is 45.8 Å². The lowest BCUT2D eigenvalue weighted by Crippen LogP contribution is -2.07. The molecule has 0 fully saturated rings. The summed E-state index contributed by atoms with van der Waals surface area (Å²) in [4.78, 5) is 14.1. The number of rotatable bonds is 0. The molecule has 0 atom stereocenters. The number of aromatic nitrogens is 1. The van der Waals surface area contributed by atoms with Crippen LogP contribution in [0.15, 0.2) is 29.1 Å². The molecule has 3 rings (SSSR count). The number of H-pyrrole nitrogens is 1. The summed E-state index contributed by atoms with van der Waals surface area (Å²) in [5.74, 6) is 0.861. The Morgan fingerprint density at radius 2 is 2.25 bits per heavy atom. The van der Waals surface area contributed by atoms with E-state index in [9.17, 15) is 4.79 Å². The summed E-state index contributed by atoms with van der Waals surface area (Å²) in [5, 5.41) is 0.971. The molecular weight excluding hydrogens is 202 g/mol. The third kappa shape index (κ3) is 1.25. The number of hydrogen-bond acceptors (Lipinski definition) is 2. The quantitative estimate of drug-likeness (QED) is 0.729. The van der Waals surface area contributed by atoms with Gasteiger partial charge in [-0.25, -0.2) is 0 Å². The van der Waals surface area contributed by atoms with Gasteiger partial charge in [0.05, 0.1) is 5.52 Å². The molecule has 0 aliphatic carbocycles. The van der Waals surface area contributed by atoms with Gasteiger partial charge in [-0.15, -0.1) is 0 Å². The number of aromatic amines is 1. The van der Waals surface area contributed by atoms with Crippen LogP contribution in [0.3, 0.4) is 0 Å². The molecule has 1 N–H and O–H groups in total. The van der Waals surface area contributed by atoms with Crippen molar-refractivity contribution in [1.82, 2.24) is 4.98 Å². The molecule has 1 aliphatic rings. The fourth-order valence-electron chi connectivity index (χ4n) is 2.09. The smallest absolute Gasteiger partial charge is 0.248 e. The number of hydrogen-bond donors (Lipinski definition) is 1. The van der Waals surface area contributed by atoms with Gasteiger partial charge in [0.1, 0.15) is 12.4 Å². The van der Waals surface area contributed by atoms with Crippen molar-refractivity contribution in [2.75, 3.05) is 6.61 Å². The molecule has 3 nitrogen and oxygen atoms in total. The summed E-state index contributed by atoms with van der Waals surface area (Å²) < 4.78 is 5.62. The highest BCUT2D eigenvalue weighted by atomic mass is 16.5. The van der Waals surface area contributed by atoms with Gasteiger partial charge in [-0.05, 0) is 30.7 Å². The van der Waals surface area contributed by atoms with Gasteiger partial charge >= 0.3 is 0 Å². The van der Waals surface area contributed by atoms with Gasteiger partial charge in [0, 0.05) is 17.0 Å². The lowest BCUT2D eigenvalue weighted by atomic mass is 10.0. The Morgan fingerprint density at radius 3 is 3.12 bits per heavy atom. The molecule has 0 bridgehead atoms. The van der Waals surface area contributed by atoms with E-state index in [2.05, 4.69) is 11.1 Å². The van der Waals surface area contributed by atoms with Crippen LogP contribution >= 0.6 is 0 Å². The molecule has 2 aromatic rings. The van der Waals surface area contributed by atoms with E-state index in [1.54, 1.807) is 0 Å². The van der Waals surface area contributed by atoms with Crippen molar-refractivity contribution in [3.8, 4) is 5.75 Å². The Balaban J connectivity index is 2.48. The van der Waals surface area contributed by atoms with E-state index in [-0.39, 0.29) is 5.56 Å². The van der Waals surface area contributed by atoms with Crippen LogP contribution in [0.2, 0.25) is 0 Å². The van der Waals surface area contributed by atoms with Gasteiger partial charge < -0.3 is 9.72 Å². The third-order valence-corrected chi connectivity index (χ3v) is 2.81. The Morgan fingerprint density at radius 1 is 1.38 bits per heavy atom. The minimum absolute atomic E-state index is 0.0816. The second-order valence-electron chi connectivity index (χ2n) is 3.94. The van der Waals surface area contributed by atoms with Gasteiger partial charge in [0.15, 0.2) is 0 Å². The van der Waals surface area contributed by atoms with Crippen LogP contribution in [0.25, 0.3) is 17.0 Å². The molecule has 0 saturated heterocycles. The summed E-state index contributed by atoms with van der Waals surface area (Å²) in [6.07, 6.45) is 4.04. The summed E-state index contributed by atoms with van der Waals surface area (Å²) in [7, 11) is 0. The zero-order chi connectivity index (χ0) is 11.1. The van der Waals surface area contributed by atoms with E-state index in [4.69, 9.17) is 4.74 Å². The first-order chi connectivity index (χ1) is 7.75. The van der Waals surface area contributed by atoms with Crippen LogP contribution in [-0.4, -0.2) is 11.6 Å². The van der Waals surface area contributed by atoms with Crippen molar-refractivity contribution in [2.45, 2.75) is 6.92 Å². The Bertz CT molecular complexity index is 653. The molecule has 1 aromatic heterocycles. The van der Waals surface area contributed by atoms with E-state index >= 15 is 0 Å². The highest BCUT2D eigenvalue weighted by Gasteiger charge is 2.12. The summed E-state index contributed by atoms with van der Waals surface area (Å²) in [5.41, 5.74) is 2.91. The molecule has 0 radical (unpaired) electrons. The predicted molar refractivity (Wildman–Crippen MR) is 63.8 cm³/mol. The Hall–Kier alpha value is -2.03. The van der Waals surface area contributed by atoms with Crippen LogP contribution in [0.4, 0.5) is 0 Å². The van der Waals surface area contributed by atoms with Crippen molar-refractivity contribution < 1.29 is 4.74 Å². The SMILES string of the molecule is Cc1cc2c(c3ccc(=O)[nH]c13)OCC=C2. The maximum Gasteiger partial charge on any atom is 0.248 e. The molecule has 16 heavy (non-hydrogen) atoms. The van der Waals surface area contributed by atoms with Gasteiger partial charge in [-0.1, -0.05) is 6.08 Å². The number of benzene rings is 1. The maximum atomic E-state index is 11.3. The van der Waals surface area contributed by atoms with Crippen molar-refractivity contribution in [1.29, 1.82) is 0 Å². The monoisotopic (exact) mass is 213 g/mol. The Kier molecular flexibility index (Phi) is 1.86. The van der Waals surface area contributed by atoms with Gasteiger partial charge in [0.25, 0.3) is 0 Å². The molecule has 0 amide bonds. The van der Waals surface area contributed by atoms with Crippen molar-refractivity contribution in [3.63, 3.8) is 0 Å². The fourth-order valence-corrected chi connectivity index (χ4v) is 2.09. The van der Waals surface area contributed by atoms with Gasteiger partial charge in [-0.2, -0.15) is 0 Å². The summed E-state index contributed by atoms with van der Waals surface area (Å²) in [6, 6.07) is 5.38. The van der Waals surface area contributed by atoms with E-state index in [0.29, 0.717) is 6.61 Å². The normalized spacial score (nSPS) is 13.6. The number of nitrogens with one attached hydrogen (secondary N) is 1. The molecular formula is C13H11NO2. The first-order valence-electron chi connectivity index (χ1n) is 5.22. The van der Waals surface area contributed by atoms with Crippen LogP contribution in [-0.2, 0) is 0 Å². The summed E-state index contributed by atoms with van der Waals surface area (Å²) in [6.45, 7) is 2.57. The zero-order valence-electron chi connectivity index (χ0n) is 8.91. The molecule has 80 valence electrons. The van der Waals surface area contributed by atoms with Crippen LogP contribution < -0.4 is 10.3 Å². The molecule has 0 unspecified atom stereocenters. The molecule has 1 aliphatic heterocycles. The Labute approximate surface area is 92.4 Å². The topological polar surface area (TPSA) is 42.1 Å². The average molecular weight is 213 g/mol. The predicted octanol–water partition coefficient (Wildman–Crippen LogP) is 2.24. The fraction of sp³-hybridized carbons (Fsp3) is 0.154. The van der Waals surface area contributed by atoms with E-state index in [1.165, 1.54) is 6.07 Å². The van der Waals surface area contributed by atoms with E-state index < -0.39 is 0 Å².